The van der Waals surface area contributed by atoms with Gasteiger partial charge in [-0.05, 0) is 49.2 Å². The Labute approximate surface area is 169 Å². The molecule has 0 aliphatic heterocycles. The third-order valence-electron chi connectivity index (χ3n) is 6.00. The minimum atomic E-state index is -0.426. The molecule has 0 heterocycles. The second-order valence-electron chi connectivity index (χ2n) is 7.94. The molecule has 0 amide bonds. The number of carbonyl (C=O) groups is 1. The van der Waals surface area contributed by atoms with Gasteiger partial charge in [-0.15, -0.1) is 0 Å². The van der Waals surface area contributed by atoms with Gasteiger partial charge < -0.3 is 19.7 Å². The van der Waals surface area contributed by atoms with E-state index < -0.39 is 6.10 Å². The van der Waals surface area contributed by atoms with E-state index in [1.54, 1.807) is 0 Å². The maximum Gasteiger partial charge on any atom is 0.331 e. The molecule has 0 unspecified atom stereocenters. The summed E-state index contributed by atoms with van der Waals surface area (Å²) < 4.78 is 10.1. The zero-order valence-electron chi connectivity index (χ0n) is 17.5. The first-order valence-electron chi connectivity index (χ1n) is 10.5. The second kappa shape index (κ2) is 11.5. The summed E-state index contributed by atoms with van der Waals surface area (Å²) in [5.74, 6) is 0.416. The second-order valence-corrected chi connectivity index (χ2v) is 7.94. The number of hydrogen-bond donors (Lipinski definition) is 2. The Kier molecular flexibility index (Phi) is 9.42. The first kappa shape index (κ1) is 22.9. The fourth-order valence-electron chi connectivity index (χ4n) is 4.37. The summed E-state index contributed by atoms with van der Waals surface area (Å²) in [5, 5.41) is 20.6. The van der Waals surface area contributed by atoms with Crippen LogP contribution in [0.15, 0.2) is 35.5 Å². The van der Waals surface area contributed by atoms with E-state index in [0.29, 0.717) is 18.4 Å². The van der Waals surface area contributed by atoms with Crippen LogP contribution < -0.4 is 0 Å². The molecule has 158 valence electrons. The van der Waals surface area contributed by atoms with Crippen LogP contribution >= 0.6 is 0 Å². The number of unbranched alkanes of at least 4 members (excludes halogenated alkanes) is 2. The fraction of sp³-hybridized carbons (Fsp3) is 0.696. The number of allylic oxidation sites excluding steroid dienone is 2. The van der Waals surface area contributed by atoms with E-state index in [1.165, 1.54) is 12.7 Å². The minimum Gasteiger partial charge on any atom is -0.467 e. The average molecular weight is 393 g/mol. The predicted molar refractivity (Wildman–Crippen MR) is 110 cm³/mol. The lowest BCUT2D eigenvalue weighted by molar-refractivity contribution is -0.145. The smallest absolute Gasteiger partial charge is 0.331 e. The van der Waals surface area contributed by atoms with E-state index in [9.17, 15) is 15.0 Å². The Bertz CT molecular complexity index is 592. The Morgan fingerprint density at radius 3 is 2.82 bits per heavy atom. The topological polar surface area (TPSA) is 76.0 Å². The molecule has 2 aliphatic carbocycles. The molecule has 0 aromatic carbocycles. The largest absolute Gasteiger partial charge is 0.467 e. The van der Waals surface area contributed by atoms with Crippen LogP contribution in [-0.2, 0) is 14.3 Å². The van der Waals surface area contributed by atoms with Crippen LogP contribution in [0, 0.1) is 17.8 Å². The maximum absolute atomic E-state index is 11.2. The first-order valence-corrected chi connectivity index (χ1v) is 10.5. The number of hydrogen-bond acceptors (Lipinski definition) is 5. The average Bonchev–Trinajstić information content (AvgIpc) is 3.20. The van der Waals surface area contributed by atoms with Gasteiger partial charge >= 0.3 is 5.97 Å². The number of rotatable bonds is 11. The van der Waals surface area contributed by atoms with Crippen LogP contribution in [0.4, 0.5) is 0 Å². The lowest BCUT2D eigenvalue weighted by atomic mass is 9.88. The van der Waals surface area contributed by atoms with Crippen molar-refractivity contribution in [2.75, 3.05) is 20.3 Å². The van der Waals surface area contributed by atoms with Crippen molar-refractivity contribution in [3.05, 3.63) is 35.5 Å². The molecule has 0 saturated heterocycles. The molecule has 28 heavy (non-hydrogen) atoms. The number of aliphatic hydroxyl groups is 2. The van der Waals surface area contributed by atoms with Crippen LogP contribution in [0.5, 0.6) is 0 Å². The molecule has 2 aliphatic rings. The summed E-state index contributed by atoms with van der Waals surface area (Å²) in [5.41, 5.74) is 2.34. The highest BCUT2D eigenvalue weighted by molar-refractivity contribution is 5.70. The van der Waals surface area contributed by atoms with Gasteiger partial charge in [-0.3, -0.25) is 0 Å². The molecule has 5 atom stereocenters. The molecular weight excluding hydrogens is 356 g/mol. The highest BCUT2D eigenvalue weighted by atomic mass is 16.6. The van der Waals surface area contributed by atoms with E-state index in [-0.39, 0.29) is 24.6 Å². The molecule has 2 N–H and O–H groups in total. The predicted octanol–water partition coefficient (Wildman–Crippen LogP) is 3.56. The summed E-state index contributed by atoms with van der Waals surface area (Å²) in [6.45, 7) is 4.47. The van der Waals surface area contributed by atoms with Crippen LogP contribution in [0.25, 0.3) is 0 Å². The number of aliphatic hydroxyl groups excluding tert-OH is 2. The quantitative estimate of drug-likeness (QED) is 0.319. The molecule has 0 aromatic heterocycles. The SMILES string of the molecule is C/C=C(\COCC(=O)OC)C1=C[C@H]2C[C@@H](O)[C@H](/C=C/[C@@H](O)CCCCC)[C@H]2C1. The molecule has 1 saturated carbocycles. The van der Waals surface area contributed by atoms with Gasteiger partial charge in [0.25, 0.3) is 0 Å². The molecule has 0 spiro atoms. The third-order valence-corrected chi connectivity index (χ3v) is 6.00. The van der Waals surface area contributed by atoms with Crippen LogP contribution in [0.1, 0.15) is 52.4 Å². The third kappa shape index (κ3) is 6.29. The Hall–Kier alpha value is -1.43. The van der Waals surface area contributed by atoms with Crippen molar-refractivity contribution in [3.8, 4) is 0 Å². The fourth-order valence-corrected chi connectivity index (χ4v) is 4.37. The van der Waals surface area contributed by atoms with E-state index >= 15 is 0 Å². The standard InChI is InChI=1S/C23H36O5/c1-4-6-7-8-19(24)9-10-20-21-12-17(11-18(21)13-22(20)25)16(5-2)14-28-15-23(26)27-3/h5,9-11,18-22,24-25H,4,6-8,12-15H2,1-3H3/b10-9+,16-5+/t18-,19-,20+,21-,22+/m0/s1. The first-order chi connectivity index (χ1) is 13.5. The molecule has 1 fully saturated rings. The van der Waals surface area contributed by atoms with Crippen molar-refractivity contribution >= 4 is 5.97 Å². The number of carbonyl (C=O) groups excluding carboxylic acids is 1. The number of methoxy groups -OCH3 is 1. The van der Waals surface area contributed by atoms with Crippen molar-refractivity contribution in [1.82, 2.24) is 0 Å². The molecule has 0 radical (unpaired) electrons. The van der Waals surface area contributed by atoms with Crippen LogP contribution in [-0.4, -0.2) is 48.7 Å². The summed E-state index contributed by atoms with van der Waals surface area (Å²) in [6, 6.07) is 0. The van der Waals surface area contributed by atoms with Gasteiger partial charge in [0.15, 0.2) is 0 Å². The number of fused-ring (bicyclic) bond motifs is 1. The Morgan fingerprint density at radius 1 is 1.36 bits per heavy atom. The molecule has 5 nitrogen and oxygen atoms in total. The van der Waals surface area contributed by atoms with Gasteiger partial charge in [0.1, 0.15) is 6.61 Å². The van der Waals surface area contributed by atoms with Crippen molar-refractivity contribution in [2.45, 2.75) is 64.6 Å². The van der Waals surface area contributed by atoms with Gasteiger partial charge in [0, 0.05) is 5.92 Å². The maximum atomic E-state index is 11.2. The monoisotopic (exact) mass is 392 g/mol. The van der Waals surface area contributed by atoms with Gasteiger partial charge in [-0.25, -0.2) is 4.79 Å². The van der Waals surface area contributed by atoms with E-state index in [0.717, 1.165) is 44.1 Å². The number of ether oxygens (including phenoxy) is 2. The summed E-state index contributed by atoms with van der Waals surface area (Å²) in [7, 11) is 1.35. The number of esters is 1. The molecule has 2 rings (SSSR count). The molecule has 5 heteroatoms. The zero-order chi connectivity index (χ0) is 20.5. The summed E-state index contributed by atoms with van der Waals surface area (Å²) in [4.78, 5) is 11.2. The molecule has 0 aromatic rings. The van der Waals surface area contributed by atoms with Gasteiger partial charge in [-0.2, -0.15) is 0 Å². The van der Waals surface area contributed by atoms with Gasteiger partial charge in [0.05, 0.1) is 25.9 Å². The Balaban J connectivity index is 1.90. The van der Waals surface area contributed by atoms with E-state index in [2.05, 4.69) is 17.7 Å². The summed E-state index contributed by atoms with van der Waals surface area (Å²) >= 11 is 0. The van der Waals surface area contributed by atoms with Crippen LogP contribution in [0.3, 0.4) is 0 Å². The van der Waals surface area contributed by atoms with Crippen molar-refractivity contribution in [3.63, 3.8) is 0 Å². The van der Waals surface area contributed by atoms with Crippen LogP contribution in [0.2, 0.25) is 0 Å². The van der Waals surface area contributed by atoms with E-state index in [1.807, 2.05) is 25.2 Å². The zero-order valence-corrected chi connectivity index (χ0v) is 17.5. The normalized spacial score (nSPS) is 28.5. The molecule has 0 bridgehead atoms. The lowest BCUT2D eigenvalue weighted by Gasteiger charge is -2.19. The Morgan fingerprint density at radius 2 is 2.14 bits per heavy atom. The van der Waals surface area contributed by atoms with Gasteiger partial charge in [-0.1, -0.05) is 50.5 Å². The van der Waals surface area contributed by atoms with Gasteiger partial charge in [0.2, 0.25) is 0 Å². The summed E-state index contributed by atoms with van der Waals surface area (Å²) in [6.07, 6.45) is 13.2. The van der Waals surface area contributed by atoms with Crippen molar-refractivity contribution in [1.29, 1.82) is 0 Å². The molecular formula is C23H36O5. The van der Waals surface area contributed by atoms with Crippen molar-refractivity contribution in [2.24, 2.45) is 17.8 Å². The highest BCUT2D eigenvalue weighted by Gasteiger charge is 2.43. The van der Waals surface area contributed by atoms with E-state index in [4.69, 9.17) is 4.74 Å². The lowest BCUT2D eigenvalue weighted by Crippen LogP contribution is -2.18. The van der Waals surface area contributed by atoms with Crippen molar-refractivity contribution < 1.29 is 24.5 Å². The highest BCUT2D eigenvalue weighted by Crippen LogP contribution is 2.48. The minimum absolute atomic E-state index is 0.0476.